The lowest BCUT2D eigenvalue weighted by atomic mass is 10.4. The fraction of sp³-hybridized carbons (Fsp3) is 0.875. The van der Waals surface area contributed by atoms with Crippen LogP contribution in [0.3, 0.4) is 0 Å². The van der Waals surface area contributed by atoms with Gasteiger partial charge < -0.3 is 10.1 Å². The third kappa shape index (κ3) is 9.01. The van der Waals surface area contributed by atoms with Crippen molar-refractivity contribution >= 4 is 5.91 Å². The fourth-order valence-electron chi connectivity index (χ4n) is 0.933. The molecule has 0 rings (SSSR count). The summed E-state index contributed by atoms with van der Waals surface area (Å²) in [6.45, 7) is 2.26. The predicted molar refractivity (Wildman–Crippen MR) is 56.4 cm³/mol. The Morgan fingerprint density at radius 2 is 2.40 bits per heavy atom. The maximum atomic E-state index is 11.2. The molecule has 0 atom stereocenters. The molecule has 0 saturated heterocycles. The Morgan fingerprint density at radius 1 is 1.67 bits per heavy atom. The summed E-state index contributed by atoms with van der Waals surface area (Å²) in [4.78, 5) is 15.7. The van der Waals surface area contributed by atoms with E-state index < -0.39 is 0 Å². The minimum Gasteiger partial charge on any atom is -0.383 e. The number of ether oxygens (including phenoxy) is 1. The average molecular weight is 215 g/mol. The van der Waals surface area contributed by atoms with Crippen molar-refractivity contribution in [3.8, 4) is 0 Å². The first-order valence-corrected chi connectivity index (χ1v) is 4.65. The normalized spacial score (nSPS) is 9.80. The van der Waals surface area contributed by atoms with Crippen molar-refractivity contribution in [1.82, 2.24) is 10.2 Å². The second-order valence-corrected chi connectivity index (χ2v) is 3.04. The summed E-state index contributed by atoms with van der Waals surface area (Å²) in [5.41, 5.74) is 8.05. The van der Waals surface area contributed by atoms with Crippen molar-refractivity contribution in [2.45, 2.75) is 0 Å². The third-order valence-corrected chi connectivity index (χ3v) is 1.69. The largest absolute Gasteiger partial charge is 0.383 e. The van der Waals surface area contributed by atoms with Gasteiger partial charge in [0.25, 0.3) is 0 Å². The number of carbonyl (C=O) groups is 1. The lowest BCUT2D eigenvalue weighted by Gasteiger charge is -2.14. The number of carbonyl (C=O) groups excluding carboxylic acids is 1. The summed E-state index contributed by atoms with van der Waals surface area (Å²) in [5, 5.41) is 6.08. The summed E-state index contributed by atoms with van der Waals surface area (Å²) in [6, 6.07) is 0. The van der Waals surface area contributed by atoms with Crippen LogP contribution < -0.4 is 5.32 Å². The topological polar surface area (TPSA) is 90.3 Å². The average Bonchev–Trinajstić information content (AvgIpc) is 2.18. The van der Waals surface area contributed by atoms with Crippen molar-refractivity contribution in [2.24, 2.45) is 5.11 Å². The molecule has 0 aliphatic rings. The second-order valence-electron chi connectivity index (χ2n) is 3.04. The molecule has 0 radical (unpaired) electrons. The number of likely N-dealkylation sites (N-methyl/N-ethyl adjacent to an activating group) is 1. The number of hydrogen-bond acceptors (Lipinski definition) is 4. The summed E-state index contributed by atoms with van der Waals surface area (Å²) < 4.78 is 4.79. The minimum absolute atomic E-state index is 0.0597. The first-order valence-electron chi connectivity index (χ1n) is 4.65. The van der Waals surface area contributed by atoms with Gasteiger partial charge in [-0.3, -0.25) is 9.69 Å². The Labute approximate surface area is 89.0 Å². The molecule has 0 aliphatic heterocycles. The lowest BCUT2D eigenvalue weighted by molar-refractivity contribution is -0.122. The molecular formula is C8H17N5O2. The molecule has 0 bridgehead atoms. The highest BCUT2D eigenvalue weighted by Gasteiger charge is 2.04. The molecule has 7 heteroatoms. The Morgan fingerprint density at radius 3 is 3.00 bits per heavy atom. The third-order valence-electron chi connectivity index (χ3n) is 1.69. The number of hydrogen-bond donors (Lipinski definition) is 1. The molecule has 15 heavy (non-hydrogen) atoms. The summed E-state index contributed by atoms with van der Waals surface area (Å²) >= 11 is 0. The standard InChI is InChI=1S/C8H17N5O2/c1-13(5-3-11-12-9)7-8(14)10-4-6-15-2/h3-7H2,1-2H3,(H,10,14). The van der Waals surface area contributed by atoms with Crippen molar-refractivity contribution in [3.05, 3.63) is 10.4 Å². The van der Waals surface area contributed by atoms with Crippen LogP contribution in [0, 0.1) is 0 Å². The van der Waals surface area contributed by atoms with Gasteiger partial charge in [-0.05, 0) is 12.6 Å². The van der Waals surface area contributed by atoms with Crippen LogP contribution in [0.5, 0.6) is 0 Å². The van der Waals surface area contributed by atoms with Gasteiger partial charge in [0.15, 0.2) is 0 Å². The van der Waals surface area contributed by atoms with E-state index in [9.17, 15) is 4.79 Å². The first kappa shape index (κ1) is 13.7. The highest BCUT2D eigenvalue weighted by molar-refractivity contribution is 5.77. The number of amides is 1. The molecule has 0 aliphatic carbocycles. The molecule has 0 heterocycles. The van der Waals surface area contributed by atoms with Crippen LogP contribution in [-0.2, 0) is 9.53 Å². The zero-order chi connectivity index (χ0) is 11.5. The molecule has 0 aromatic carbocycles. The first-order chi connectivity index (χ1) is 7.20. The SMILES string of the molecule is COCCNC(=O)CN(C)CCN=[N+]=[N-]. The van der Waals surface area contributed by atoms with Crippen LogP contribution >= 0.6 is 0 Å². The lowest BCUT2D eigenvalue weighted by Crippen LogP contribution is -2.37. The molecule has 7 nitrogen and oxygen atoms in total. The number of rotatable bonds is 8. The Hall–Kier alpha value is -1.30. The van der Waals surface area contributed by atoms with E-state index in [0.717, 1.165) is 0 Å². The van der Waals surface area contributed by atoms with E-state index in [2.05, 4.69) is 15.3 Å². The quantitative estimate of drug-likeness (QED) is 0.267. The van der Waals surface area contributed by atoms with Crippen LogP contribution in [0.2, 0.25) is 0 Å². The van der Waals surface area contributed by atoms with E-state index in [1.54, 1.807) is 19.1 Å². The van der Waals surface area contributed by atoms with Crippen LogP contribution in [0.25, 0.3) is 10.4 Å². The van der Waals surface area contributed by atoms with Gasteiger partial charge in [0.05, 0.1) is 13.2 Å². The van der Waals surface area contributed by atoms with Gasteiger partial charge in [-0.25, -0.2) is 0 Å². The van der Waals surface area contributed by atoms with Crippen molar-refractivity contribution in [3.63, 3.8) is 0 Å². The summed E-state index contributed by atoms with van der Waals surface area (Å²) in [6.07, 6.45) is 0. The number of nitrogens with zero attached hydrogens (tertiary/aromatic N) is 4. The second kappa shape index (κ2) is 9.26. The molecular weight excluding hydrogens is 198 g/mol. The van der Waals surface area contributed by atoms with Gasteiger partial charge in [0, 0.05) is 31.7 Å². The molecule has 1 N–H and O–H groups in total. The van der Waals surface area contributed by atoms with Crippen molar-refractivity contribution < 1.29 is 9.53 Å². The van der Waals surface area contributed by atoms with E-state index in [-0.39, 0.29) is 5.91 Å². The van der Waals surface area contributed by atoms with E-state index in [0.29, 0.717) is 32.8 Å². The zero-order valence-electron chi connectivity index (χ0n) is 9.14. The van der Waals surface area contributed by atoms with Crippen LogP contribution in [0.4, 0.5) is 0 Å². The number of azide groups is 1. The Balaban J connectivity index is 3.52. The van der Waals surface area contributed by atoms with Gasteiger partial charge in [0.2, 0.25) is 5.91 Å². The minimum atomic E-state index is -0.0597. The molecule has 0 saturated carbocycles. The van der Waals surface area contributed by atoms with Gasteiger partial charge in [-0.15, -0.1) is 0 Å². The molecule has 1 amide bonds. The maximum absolute atomic E-state index is 11.2. The molecule has 0 spiro atoms. The predicted octanol–water partition coefficient (Wildman–Crippen LogP) is -0.00890. The fourth-order valence-corrected chi connectivity index (χ4v) is 0.933. The summed E-state index contributed by atoms with van der Waals surface area (Å²) in [5.74, 6) is -0.0597. The van der Waals surface area contributed by atoms with Gasteiger partial charge >= 0.3 is 0 Å². The molecule has 0 fully saturated rings. The number of nitrogens with one attached hydrogen (secondary N) is 1. The van der Waals surface area contributed by atoms with E-state index in [1.165, 1.54) is 0 Å². The Kier molecular flexibility index (Phi) is 8.46. The molecule has 0 aromatic rings. The van der Waals surface area contributed by atoms with E-state index >= 15 is 0 Å². The Bertz CT molecular complexity index is 227. The monoisotopic (exact) mass is 215 g/mol. The van der Waals surface area contributed by atoms with Crippen molar-refractivity contribution in [2.75, 3.05) is 46.9 Å². The number of methoxy groups -OCH3 is 1. The zero-order valence-corrected chi connectivity index (χ0v) is 9.14. The van der Waals surface area contributed by atoms with E-state index in [4.69, 9.17) is 10.3 Å². The highest BCUT2D eigenvalue weighted by Crippen LogP contribution is 1.83. The molecule has 86 valence electrons. The maximum Gasteiger partial charge on any atom is 0.234 e. The van der Waals surface area contributed by atoms with Crippen LogP contribution in [0.15, 0.2) is 5.11 Å². The molecule has 0 aromatic heterocycles. The van der Waals surface area contributed by atoms with Gasteiger partial charge in [-0.2, -0.15) is 0 Å². The van der Waals surface area contributed by atoms with Crippen molar-refractivity contribution in [1.29, 1.82) is 0 Å². The molecule has 0 unspecified atom stereocenters. The van der Waals surface area contributed by atoms with Gasteiger partial charge in [-0.1, -0.05) is 5.11 Å². The van der Waals surface area contributed by atoms with Gasteiger partial charge in [0.1, 0.15) is 0 Å². The summed E-state index contributed by atoms with van der Waals surface area (Å²) in [7, 11) is 3.38. The van der Waals surface area contributed by atoms with Crippen LogP contribution in [0.1, 0.15) is 0 Å². The van der Waals surface area contributed by atoms with E-state index in [1.807, 2.05) is 0 Å². The van der Waals surface area contributed by atoms with Crippen LogP contribution in [-0.4, -0.2) is 57.8 Å². The smallest absolute Gasteiger partial charge is 0.234 e. The highest BCUT2D eigenvalue weighted by atomic mass is 16.5.